The number of rotatable bonds is 38. The summed E-state index contributed by atoms with van der Waals surface area (Å²) >= 11 is 0. The fourth-order valence-electron chi connectivity index (χ4n) is 5.38. The van der Waals surface area contributed by atoms with Crippen molar-refractivity contribution >= 4 is 13.8 Å². The van der Waals surface area contributed by atoms with Crippen LogP contribution in [0.4, 0.5) is 0 Å². The molecule has 0 saturated heterocycles. The number of nitrogens with zero attached hydrogens (tertiary/aromatic N) is 1. The van der Waals surface area contributed by atoms with Gasteiger partial charge in [0.05, 0.1) is 40.1 Å². The van der Waals surface area contributed by atoms with Crippen LogP contribution in [0.5, 0.6) is 0 Å². The maximum absolute atomic E-state index is 12.6. The van der Waals surface area contributed by atoms with Crippen molar-refractivity contribution in [2.75, 3.05) is 47.5 Å². The van der Waals surface area contributed by atoms with E-state index in [4.69, 9.17) is 18.5 Å². The third-order valence-electron chi connectivity index (χ3n) is 8.74. The molecule has 0 aromatic carbocycles. The quantitative estimate of drug-likeness (QED) is 0.0125. The molecule has 0 amide bonds. The minimum Gasteiger partial charge on any atom is -0.756 e. The molecule has 0 spiro atoms. The highest BCUT2D eigenvalue weighted by molar-refractivity contribution is 7.45. The van der Waals surface area contributed by atoms with Crippen molar-refractivity contribution in [3.8, 4) is 0 Å². The first-order chi connectivity index (χ1) is 26.0. The van der Waals surface area contributed by atoms with Crippen molar-refractivity contribution < 1.29 is 42.4 Å². The number of phosphoric ester groups is 1. The number of allylic oxidation sites excluding steroid dienone is 8. The van der Waals surface area contributed by atoms with Crippen molar-refractivity contribution in [3.63, 3.8) is 0 Å². The Balaban J connectivity index is 4.54. The molecule has 0 aliphatic heterocycles. The second-order valence-electron chi connectivity index (χ2n) is 15.3. The van der Waals surface area contributed by atoms with E-state index in [0.29, 0.717) is 23.9 Å². The molecule has 9 nitrogen and oxygen atoms in total. The van der Waals surface area contributed by atoms with E-state index in [1.165, 1.54) is 89.9 Å². The second-order valence-corrected chi connectivity index (χ2v) is 16.7. The largest absolute Gasteiger partial charge is 0.756 e. The van der Waals surface area contributed by atoms with E-state index < -0.39 is 32.6 Å². The molecule has 0 aromatic heterocycles. The van der Waals surface area contributed by atoms with Crippen LogP contribution < -0.4 is 4.89 Å². The lowest BCUT2D eigenvalue weighted by Gasteiger charge is -2.28. The Morgan fingerprint density at radius 3 is 1.91 bits per heavy atom. The minimum atomic E-state index is -4.59. The van der Waals surface area contributed by atoms with Gasteiger partial charge < -0.3 is 33.0 Å². The van der Waals surface area contributed by atoms with Crippen LogP contribution >= 0.6 is 7.82 Å². The second kappa shape index (κ2) is 36.6. The molecule has 0 aromatic rings. The first-order valence-corrected chi connectivity index (χ1v) is 22.6. The number of hydrogen-bond acceptors (Lipinski definition) is 8. The fourth-order valence-corrected chi connectivity index (χ4v) is 6.11. The van der Waals surface area contributed by atoms with Crippen LogP contribution in [0.2, 0.25) is 0 Å². The number of hydrogen-bond donors (Lipinski definition) is 1. The normalized spacial score (nSPS) is 14.9. The number of carbonyl (C=O) groups is 1. The van der Waals surface area contributed by atoms with Crippen LogP contribution in [0.1, 0.15) is 155 Å². The number of esters is 1. The van der Waals surface area contributed by atoms with Gasteiger partial charge in [0.2, 0.25) is 0 Å². The maximum Gasteiger partial charge on any atom is 0.306 e. The highest BCUT2D eigenvalue weighted by Crippen LogP contribution is 2.38. The van der Waals surface area contributed by atoms with Crippen LogP contribution in [0, 0.1) is 0 Å². The zero-order chi connectivity index (χ0) is 40.0. The van der Waals surface area contributed by atoms with Gasteiger partial charge in [0.25, 0.3) is 7.82 Å². The average Bonchev–Trinajstić information content (AvgIpc) is 3.11. The summed E-state index contributed by atoms with van der Waals surface area (Å²) in [5, 5.41) is 10.3. The molecule has 1 unspecified atom stereocenters. The Bertz CT molecular complexity index is 1070. The molecule has 0 aliphatic rings. The van der Waals surface area contributed by atoms with Crippen molar-refractivity contribution in [1.82, 2.24) is 0 Å². The smallest absolute Gasteiger partial charge is 0.306 e. The summed E-state index contributed by atoms with van der Waals surface area (Å²) in [7, 11) is 1.20. The van der Waals surface area contributed by atoms with Gasteiger partial charge in [-0.1, -0.05) is 146 Å². The molecule has 10 heteroatoms. The summed E-state index contributed by atoms with van der Waals surface area (Å²) < 4.78 is 34.1. The Kier molecular flexibility index (Phi) is 35.3. The average molecular weight is 782 g/mol. The summed E-state index contributed by atoms with van der Waals surface area (Å²) in [6, 6.07) is 0. The predicted octanol–water partition coefficient (Wildman–Crippen LogP) is 10.8. The Labute approximate surface area is 331 Å². The number of aliphatic hydroxyl groups is 1. The lowest BCUT2D eigenvalue weighted by Crippen LogP contribution is -2.37. The van der Waals surface area contributed by atoms with E-state index in [1.54, 1.807) is 12.3 Å². The number of likely N-dealkylation sites (N-methyl/N-ethyl adjacent to an activating group) is 1. The third-order valence-corrected chi connectivity index (χ3v) is 9.70. The predicted molar refractivity (Wildman–Crippen MR) is 223 cm³/mol. The Hall–Kier alpha value is -2.00. The zero-order valence-electron chi connectivity index (χ0n) is 35.0. The van der Waals surface area contributed by atoms with E-state index in [2.05, 4.69) is 38.2 Å². The molecule has 0 saturated carbocycles. The number of carbonyl (C=O) groups excluding carboxylic acids is 1. The van der Waals surface area contributed by atoms with Gasteiger partial charge in [0.15, 0.2) is 6.10 Å². The number of unbranched alkanes of at least 4 members (excludes halogenated alkanes) is 15. The van der Waals surface area contributed by atoms with Crippen molar-refractivity contribution in [1.29, 1.82) is 0 Å². The fraction of sp³-hybridized carbons (Fsp3) is 0.750. The molecule has 0 radical (unpaired) electrons. The zero-order valence-corrected chi connectivity index (χ0v) is 35.9. The number of aliphatic hydroxyl groups excluding tert-OH is 1. The Morgan fingerprint density at radius 1 is 0.704 bits per heavy atom. The number of quaternary nitrogens is 1. The third kappa shape index (κ3) is 39.7. The van der Waals surface area contributed by atoms with Crippen LogP contribution in [0.25, 0.3) is 0 Å². The highest BCUT2D eigenvalue weighted by atomic mass is 31.2. The van der Waals surface area contributed by atoms with Gasteiger partial charge in [-0.2, -0.15) is 0 Å². The standard InChI is InChI=1S/C44H80NO8P/c1-6-8-10-12-14-16-18-20-22-24-26-28-30-32-38-50-40-43(41-52-54(48,49)51-39-37-45(3,4)5)53-44(47)36-33-35-42(46)34-31-29-27-25-23-21-19-17-15-13-11-9-7-2/h15,17,21,23,27,29,31-32,34,38,42-43,46H,6-14,16,18-20,22,24-26,28,30,33,35-37,39-41H2,1-5H3/b17-15-,23-21-,29-27-,34-31+,38-32+/t42-,43+/m0/s1. The van der Waals surface area contributed by atoms with Crippen molar-refractivity contribution in [3.05, 3.63) is 60.9 Å². The summed E-state index contributed by atoms with van der Waals surface area (Å²) in [4.78, 5) is 25.0. The van der Waals surface area contributed by atoms with Gasteiger partial charge in [0.1, 0.15) is 19.8 Å². The van der Waals surface area contributed by atoms with Gasteiger partial charge in [-0.05, 0) is 57.4 Å². The Morgan fingerprint density at radius 2 is 1.26 bits per heavy atom. The molecule has 0 fully saturated rings. The summed E-state index contributed by atoms with van der Waals surface area (Å²) in [6.45, 7) is 4.46. The molecule has 0 rings (SSSR count). The van der Waals surface area contributed by atoms with E-state index in [9.17, 15) is 19.4 Å². The lowest BCUT2D eigenvalue weighted by molar-refractivity contribution is -0.870. The monoisotopic (exact) mass is 782 g/mol. The lowest BCUT2D eigenvalue weighted by atomic mass is 10.0. The molecule has 3 atom stereocenters. The van der Waals surface area contributed by atoms with Gasteiger partial charge >= 0.3 is 5.97 Å². The van der Waals surface area contributed by atoms with Gasteiger partial charge in [-0.25, -0.2) is 0 Å². The molecular weight excluding hydrogens is 701 g/mol. The maximum atomic E-state index is 12.6. The van der Waals surface area contributed by atoms with Gasteiger partial charge in [-0.15, -0.1) is 0 Å². The highest BCUT2D eigenvalue weighted by Gasteiger charge is 2.20. The van der Waals surface area contributed by atoms with Gasteiger partial charge in [0, 0.05) is 6.42 Å². The molecule has 0 bridgehead atoms. The van der Waals surface area contributed by atoms with E-state index >= 15 is 0 Å². The molecular formula is C44H80NO8P. The number of phosphoric acid groups is 1. The SMILES string of the molecule is CCCCC/C=C\C/C=C\C/C=C\C=C\[C@H](O)CCCC(=O)O[C@H](CO/C=C/CCCCCCCCCCCCCC)COP(=O)([O-])OCC[N+](C)(C)C. The number of ether oxygens (including phenoxy) is 2. The molecule has 0 heterocycles. The van der Waals surface area contributed by atoms with E-state index in [0.717, 1.165) is 32.1 Å². The van der Waals surface area contributed by atoms with Crippen molar-refractivity contribution in [2.45, 2.75) is 167 Å². The first-order valence-electron chi connectivity index (χ1n) is 21.2. The van der Waals surface area contributed by atoms with Crippen LogP contribution in [0.3, 0.4) is 0 Å². The summed E-state index contributed by atoms with van der Waals surface area (Å²) in [5.41, 5.74) is 0. The van der Waals surface area contributed by atoms with Crippen LogP contribution in [-0.4, -0.2) is 75.3 Å². The molecule has 314 valence electrons. The topological polar surface area (TPSA) is 114 Å². The van der Waals surface area contributed by atoms with E-state index in [1.807, 2.05) is 45.4 Å². The van der Waals surface area contributed by atoms with Crippen molar-refractivity contribution in [2.24, 2.45) is 0 Å². The first kappa shape index (κ1) is 52.0. The van der Waals surface area contributed by atoms with Gasteiger partial charge in [-0.3, -0.25) is 9.36 Å². The summed E-state index contributed by atoms with van der Waals surface area (Å²) in [6.07, 6.45) is 42.1. The van der Waals surface area contributed by atoms with Crippen LogP contribution in [0.15, 0.2) is 60.9 Å². The molecule has 1 N–H and O–H groups in total. The molecule has 54 heavy (non-hydrogen) atoms. The molecule has 0 aliphatic carbocycles. The summed E-state index contributed by atoms with van der Waals surface area (Å²) in [5.74, 6) is -0.516. The minimum absolute atomic E-state index is 0.0200. The van der Waals surface area contributed by atoms with Crippen LogP contribution in [-0.2, 0) is 27.9 Å². The van der Waals surface area contributed by atoms with E-state index in [-0.39, 0.29) is 19.6 Å².